The van der Waals surface area contributed by atoms with E-state index in [1.807, 2.05) is 35.8 Å². The topological polar surface area (TPSA) is 57.7 Å². The van der Waals surface area contributed by atoms with Gasteiger partial charge in [0.05, 0.1) is 19.3 Å². The number of hydrogen-bond acceptors (Lipinski definition) is 6. The fourth-order valence-electron chi connectivity index (χ4n) is 2.61. The largest absolute Gasteiger partial charge is 0.495 e. The second kappa shape index (κ2) is 7.43. The van der Waals surface area contributed by atoms with Crippen LogP contribution in [0.15, 0.2) is 35.8 Å². The van der Waals surface area contributed by atoms with Gasteiger partial charge in [-0.2, -0.15) is 0 Å². The van der Waals surface area contributed by atoms with Gasteiger partial charge in [-0.25, -0.2) is 4.98 Å². The van der Waals surface area contributed by atoms with E-state index in [9.17, 15) is 4.79 Å². The number of anilines is 2. The van der Waals surface area contributed by atoms with E-state index in [1.54, 1.807) is 18.4 Å². The highest BCUT2D eigenvalue weighted by molar-refractivity contribution is 7.13. The molecule has 1 aromatic heterocycles. The van der Waals surface area contributed by atoms with Crippen molar-refractivity contribution in [3.8, 4) is 5.75 Å². The Balaban J connectivity index is 1.49. The lowest BCUT2D eigenvalue weighted by Gasteiger charge is -2.34. The highest BCUT2D eigenvalue weighted by atomic mass is 32.1. The standard InChI is InChI=1S/C16H20N4O2S/c1-22-14-5-3-2-4-13(14)18-15(21)12-19-7-9-20(10-8-19)16-17-6-11-23-16/h2-6,11H,7-10,12H2,1H3,(H,18,21). The molecule has 1 fully saturated rings. The predicted molar refractivity (Wildman–Crippen MR) is 92.4 cm³/mol. The molecule has 7 heteroatoms. The summed E-state index contributed by atoms with van der Waals surface area (Å²) in [6.07, 6.45) is 1.83. The van der Waals surface area contributed by atoms with Crippen LogP contribution in [0.25, 0.3) is 0 Å². The number of piperazine rings is 1. The van der Waals surface area contributed by atoms with E-state index in [4.69, 9.17) is 4.74 Å². The van der Waals surface area contributed by atoms with Crippen LogP contribution in [0.4, 0.5) is 10.8 Å². The molecule has 1 aliphatic heterocycles. The third-order valence-electron chi connectivity index (χ3n) is 3.81. The van der Waals surface area contributed by atoms with Gasteiger partial charge in [-0.3, -0.25) is 9.69 Å². The lowest BCUT2D eigenvalue weighted by molar-refractivity contribution is -0.117. The molecule has 6 nitrogen and oxygen atoms in total. The van der Waals surface area contributed by atoms with E-state index >= 15 is 0 Å². The Morgan fingerprint density at radius 2 is 2.09 bits per heavy atom. The summed E-state index contributed by atoms with van der Waals surface area (Å²) in [5, 5.41) is 5.96. The van der Waals surface area contributed by atoms with Gasteiger partial charge in [0.25, 0.3) is 0 Å². The van der Waals surface area contributed by atoms with Crippen molar-refractivity contribution >= 4 is 28.1 Å². The number of para-hydroxylation sites is 2. The van der Waals surface area contributed by atoms with Crippen molar-refractivity contribution in [2.45, 2.75) is 0 Å². The average molecular weight is 332 g/mol. The van der Waals surface area contributed by atoms with Gasteiger partial charge in [0.15, 0.2) is 5.13 Å². The van der Waals surface area contributed by atoms with Gasteiger partial charge in [0.1, 0.15) is 5.75 Å². The molecule has 0 radical (unpaired) electrons. The quantitative estimate of drug-likeness (QED) is 0.906. The first-order valence-corrected chi connectivity index (χ1v) is 8.44. The van der Waals surface area contributed by atoms with Crippen molar-refractivity contribution in [3.05, 3.63) is 35.8 Å². The lowest BCUT2D eigenvalue weighted by atomic mass is 10.3. The lowest BCUT2D eigenvalue weighted by Crippen LogP contribution is -2.48. The second-order valence-electron chi connectivity index (χ2n) is 5.33. The molecule has 122 valence electrons. The fraction of sp³-hybridized carbons (Fsp3) is 0.375. The van der Waals surface area contributed by atoms with Gasteiger partial charge in [0.2, 0.25) is 5.91 Å². The zero-order valence-electron chi connectivity index (χ0n) is 13.1. The molecule has 2 aromatic rings. The van der Waals surface area contributed by atoms with E-state index in [2.05, 4.69) is 20.1 Å². The van der Waals surface area contributed by atoms with Crippen LogP contribution in [0.2, 0.25) is 0 Å². The Morgan fingerprint density at radius 1 is 1.30 bits per heavy atom. The monoisotopic (exact) mass is 332 g/mol. The number of amides is 1. The number of nitrogens with zero attached hydrogens (tertiary/aromatic N) is 3. The van der Waals surface area contributed by atoms with Crippen LogP contribution in [0.3, 0.4) is 0 Å². The minimum atomic E-state index is -0.0165. The van der Waals surface area contributed by atoms with Crippen LogP contribution >= 0.6 is 11.3 Å². The third-order valence-corrected chi connectivity index (χ3v) is 4.64. The van der Waals surface area contributed by atoms with Gasteiger partial charge in [-0.05, 0) is 12.1 Å². The number of ether oxygens (including phenoxy) is 1. The number of aromatic nitrogens is 1. The van der Waals surface area contributed by atoms with E-state index in [1.165, 1.54) is 0 Å². The molecule has 0 unspecified atom stereocenters. The highest BCUT2D eigenvalue weighted by Crippen LogP contribution is 2.23. The van der Waals surface area contributed by atoms with Crippen molar-refractivity contribution < 1.29 is 9.53 Å². The maximum Gasteiger partial charge on any atom is 0.238 e. The van der Waals surface area contributed by atoms with E-state index in [-0.39, 0.29) is 5.91 Å². The molecule has 0 atom stereocenters. The van der Waals surface area contributed by atoms with Crippen molar-refractivity contribution in [2.75, 3.05) is 50.1 Å². The molecule has 0 bridgehead atoms. The fourth-order valence-corrected chi connectivity index (χ4v) is 3.31. The molecule has 1 N–H and O–H groups in total. The average Bonchev–Trinajstić information content (AvgIpc) is 3.10. The zero-order chi connectivity index (χ0) is 16.1. The van der Waals surface area contributed by atoms with E-state index < -0.39 is 0 Å². The van der Waals surface area contributed by atoms with Crippen molar-refractivity contribution in [3.63, 3.8) is 0 Å². The maximum atomic E-state index is 12.2. The number of nitrogens with one attached hydrogen (secondary N) is 1. The number of carbonyl (C=O) groups is 1. The predicted octanol–water partition coefficient (Wildman–Crippen LogP) is 1.91. The van der Waals surface area contributed by atoms with Crippen LogP contribution in [-0.4, -0.2) is 55.6 Å². The number of hydrogen-bond donors (Lipinski definition) is 1. The number of carbonyl (C=O) groups excluding carboxylic acids is 1. The normalized spacial score (nSPS) is 15.4. The summed E-state index contributed by atoms with van der Waals surface area (Å²) < 4.78 is 5.25. The third kappa shape index (κ3) is 4.00. The zero-order valence-corrected chi connectivity index (χ0v) is 13.9. The number of benzene rings is 1. The molecular formula is C16H20N4O2S. The molecule has 1 aliphatic rings. The molecular weight excluding hydrogens is 312 g/mol. The summed E-state index contributed by atoms with van der Waals surface area (Å²) in [7, 11) is 1.60. The molecule has 0 aliphatic carbocycles. The van der Waals surface area contributed by atoms with Crippen molar-refractivity contribution in [2.24, 2.45) is 0 Å². The Morgan fingerprint density at radius 3 is 2.78 bits per heavy atom. The van der Waals surface area contributed by atoms with Crippen LogP contribution in [0, 0.1) is 0 Å². The molecule has 2 heterocycles. The Kier molecular flexibility index (Phi) is 5.09. The van der Waals surface area contributed by atoms with Crippen molar-refractivity contribution in [1.82, 2.24) is 9.88 Å². The molecule has 1 aromatic carbocycles. The molecule has 1 amide bonds. The first kappa shape index (κ1) is 15.8. The van der Waals surface area contributed by atoms with Gasteiger partial charge in [0, 0.05) is 37.8 Å². The summed E-state index contributed by atoms with van der Waals surface area (Å²) in [6.45, 7) is 3.91. The summed E-state index contributed by atoms with van der Waals surface area (Å²) in [5.41, 5.74) is 0.710. The Hall–Kier alpha value is -2.12. The van der Waals surface area contributed by atoms with Crippen LogP contribution in [-0.2, 0) is 4.79 Å². The van der Waals surface area contributed by atoms with E-state index in [0.717, 1.165) is 31.3 Å². The second-order valence-corrected chi connectivity index (χ2v) is 6.20. The SMILES string of the molecule is COc1ccccc1NC(=O)CN1CCN(c2nccs2)CC1. The summed E-state index contributed by atoms with van der Waals surface area (Å²) in [5.74, 6) is 0.659. The van der Waals surface area contributed by atoms with Gasteiger partial charge >= 0.3 is 0 Å². The minimum Gasteiger partial charge on any atom is -0.495 e. The Bertz CT molecular complexity index is 639. The van der Waals surface area contributed by atoms with Crippen LogP contribution in [0.1, 0.15) is 0 Å². The van der Waals surface area contributed by atoms with Crippen LogP contribution < -0.4 is 15.0 Å². The maximum absolute atomic E-state index is 12.2. The van der Waals surface area contributed by atoms with E-state index in [0.29, 0.717) is 18.0 Å². The summed E-state index contributed by atoms with van der Waals surface area (Å²) in [4.78, 5) is 21.0. The highest BCUT2D eigenvalue weighted by Gasteiger charge is 2.20. The minimum absolute atomic E-state index is 0.0165. The van der Waals surface area contributed by atoms with Crippen molar-refractivity contribution in [1.29, 1.82) is 0 Å². The number of thiazole rings is 1. The number of methoxy groups -OCH3 is 1. The molecule has 23 heavy (non-hydrogen) atoms. The van der Waals surface area contributed by atoms with Gasteiger partial charge in [-0.15, -0.1) is 11.3 Å². The molecule has 1 saturated heterocycles. The molecule has 0 saturated carbocycles. The first-order valence-electron chi connectivity index (χ1n) is 7.56. The summed E-state index contributed by atoms with van der Waals surface area (Å²) in [6, 6.07) is 7.44. The van der Waals surface area contributed by atoms with Gasteiger partial charge < -0.3 is 15.0 Å². The molecule has 3 rings (SSSR count). The smallest absolute Gasteiger partial charge is 0.238 e. The first-order chi connectivity index (χ1) is 11.3. The van der Waals surface area contributed by atoms with Crippen LogP contribution in [0.5, 0.6) is 5.75 Å². The van der Waals surface area contributed by atoms with Gasteiger partial charge in [-0.1, -0.05) is 12.1 Å². The summed E-state index contributed by atoms with van der Waals surface area (Å²) >= 11 is 1.65. The molecule has 0 spiro atoms. The Labute approximate surface area is 139 Å². The number of rotatable bonds is 5.